The van der Waals surface area contributed by atoms with Gasteiger partial charge in [-0.15, -0.1) is 11.3 Å². The lowest BCUT2D eigenvalue weighted by molar-refractivity contribution is 0.341. The summed E-state index contributed by atoms with van der Waals surface area (Å²) in [6.07, 6.45) is 1.78. The van der Waals surface area contributed by atoms with Crippen molar-refractivity contribution in [3.05, 3.63) is 38.2 Å². The third kappa shape index (κ3) is 3.60. The molecule has 0 saturated carbocycles. The molecule has 1 N–H and O–H groups in total. The quantitative estimate of drug-likeness (QED) is 0.860. The van der Waals surface area contributed by atoms with Crippen LogP contribution in [0, 0.1) is 0 Å². The number of aromatic nitrogens is 1. The van der Waals surface area contributed by atoms with Gasteiger partial charge in [0.2, 0.25) is 0 Å². The predicted molar refractivity (Wildman–Crippen MR) is 79.8 cm³/mol. The van der Waals surface area contributed by atoms with E-state index in [1.54, 1.807) is 6.20 Å². The van der Waals surface area contributed by atoms with Crippen molar-refractivity contribution >= 4 is 44.6 Å². The van der Waals surface area contributed by atoms with Crippen LogP contribution in [0.25, 0.3) is 0 Å². The molecule has 2 aromatic rings. The van der Waals surface area contributed by atoms with Crippen molar-refractivity contribution in [1.82, 2.24) is 4.98 Å². The minimum atomic E-state index is 0.563. The second kappa shape index (κ2) is 6.41. The molecular formula is C12H12BrClN2OS. The molecule has 0 amide bonds. The van der Waals surface area contributed by atoms with Crippen LogP contribution in [-0.4, -0.2) is 11.6 Å². The van der Waals surface area contributed by atoms with E-state index in [1.165, 1.54) is 11.3 Å². The Morgan fingerprint density at radius 1 is 1.50 bits per heavy atom. The highest BCUT2D eigenvalue weighted by atomic mass is 79.9. The molecule has 2 rings (SSSR count). The van der Waals surface area contributed by atoms with Gasteiger partial charge >= 0.3 is 0 Å². The summed E-state index contributed by atoms with van der Waals surface area (Å²) in [6.45, 7) is 3.29. The maximum absolute atomic E-state index is 5.79. The van der Waals surface area contributed by atoms with Crippen LogP contribution in [0.1, 0.15) is 11.8 Å². The monoisotopic (exact) mass is 346 g/mol. The van der Waals surface area contributed by atoms with Gasteiger partial charge in [-0.25, -0.2) is 4.98 Å². The van der Waals surface area contributed by atoms with E-state index in [1.807, 2.05) is 25.1 Å². The zero-order valence-electron chi connectivity index (χ0n) is 9.74. The topological polar surface area (TPSA) is 34.1 Å². The maximum atomic E-state index is 5.79. The summed E-state index contributed by atoms with van der Waals surface area (Å²) in [7, 11) is 0. The summed E-state index contributed by atoms with van der Waals surface area (Å²) in [6, 6.07) is 5.91. The molecule has 1 heterocycles. The SMILES string of the molecule is CCOc1cc(Br)ccc1NCc1cnc(Cl)s1. The van der Waals surface area contributed by atoms with Gasteiger partial charge in [0.15, 0.2) is 4.47 Å². The third-order valence-electron chi connectivity index (χ3n) is 2.22. The van der Waals surface area contributed by atoms with Crippen molar-refractivity contribution in [2.24, 2.45) is 0 Å². The van der Waals surface area contributed by atoms with Crippen LogP contribution in [0.3, 0.4) is 0 Å². The Labute approximate surface area is 123 Å². The lowest BCUT2D eigenvalue weighted by Gasteiger charge is -2.12. The summed E-state index contributed by atoms with van der Waals surface area (Å²) in [5.74, 6) is 0.836. The van der Waals surface area contributed by atoms with Gasteiger partial charge in [-0.3, -0.25) is 0 Å². The van der Waals surface area contributed by atoms with Crippen molar-refractivity contribution in [3.8, 4) is 5.75 Å². The second-order valence-electron chi connectivity index (χ2n) is 3.51. The molecule has 0 aliphatic heterocycles. The Morgan fingerprint density at radius 3 is 3.00 bits per heavy atom. The summed E-state index contributed by atoms with van der Waals surface area (Å²) >= 11 is 10.7. The van der Waals surface area contributed by atoms with Gasteiger partial charge in [0, 0.05) is 15.5 Å². The zero-order chi connectivity index (χ0) is 13.0. The minimum absolute atomic E-state index is 0.563. The first kappa shape index (κ1) is 13.6. The molecule has 0 aliphatic carbocycles. The van der Waals surface area contributed by atoms with E-state index in [0.717, 1.165) is 20.8 Å². The highest BCUT2D eigenvalue weighted by Gasteiger charge is 2.05. The normalized spacial score (nSPS) is 10.4. The first-order valence-corrected chi connectivity index (χ1v) is 7.44. The Bertz CT molecular complexity index is 533. The molecule has 0 bridgehead atoms. The first-order valence-electron chi connectivity index (χ1n) is 5.45. The van der Waals surface area contributed by atoms with Crippen LogP contribution < -0.4 is 10.1 Å². The molecule has 0 spiro atoms. The van der Waals surface area contributed by atoms with E-state index < -0.39 is 0 Å². The Kier molecular flexibility index (Phi) is 4.86. The van der Waals surface area contributed by atoms with Crippen LogP contribution >= 0.6 is 38.9 Å². The third-order valence-corrected chi connectivity index (χ3v) is 3.83. The lowest BCUT2D eigenvalue weighted by Crippen LogP contribution is -2.01. The highest BCUT2D eigenvalue weighted by Crippen LogP contribution is 2.29. The van der Waals surface area contributed by atoms with E-state index in [-0.39, 0.29) is 0 Å². The van der Waals surface area contributed by atoms with E-state index in [4.69, 9.17) is 16.3 Å². The van der Waals surface area contributed by atoms with Gasteiger partial charge < -0.3 is 10.1 Å². The Morgan fingerprint density at radius 2 is 2.33 bits per heavy atom. The van der Waals surface area contributed by atoms with Crippen molar-refractivity contribution in [3.63, 3.8) is 0 Å². The number of halogens is 2. The second-order valence-corrected chi connectivity index (χ2v) is 6.12. The molecule has 1 aromatic carbocycles. The van der Waals surface area contributed by atoms with E-state index in [2.05, 4.69) is 26.2 Å². The number of anilines is 1. The maximum Gasteiger partial charge on any atom is 0.183 e. The van der Waals surface area contributed by atoms with Gasteiger partial charge in [-0.05, 0) is 25.1 Å². The average Bonchev–Trinajstić information content (AvgIpc) is 2.75. The fourth-order valence-electron chi connectivity index (χ4n) is 1.46. The first-order chi connectivity index (χ1) is 8.69. The highest BCUT2D eigenvalue weighted by molar-refractivity contribution is 9.10. The molecule has 6 heteroatoms. The minimum Gasteiger partial charge on any atom is -0.492 e. The molecule has 3 nitrogen and oxygen atoms in total. The number of hydrogen-bond acceptors (Lipinski definition) is 4. The molecule has 0 saturated heterocycles. The molecule has 0 fully saturated rings. The summed E-state index contributed by atoms with van der Waals surface area (Å²) in [5, 5.41) is 3.32. The smallest absolute Gasteiger partial charge is 0.183 e. The van der Waals surface area contributed by atoms with Gasteiger partial charge in [0.05, 0.1) is 18.8 Å². The molecule has 0 aliphatic rings. The number of nitrogens with zero attached hydrogens (tertiary/aromatic N) is 1. The van der Waals surface area contributed by atoms with E-state index >= 15 is 0 Å². The van der Waals surface area contributed by atoms with Gasteiger partial charge in [-0.1, -0.05) is 27.5 Å². The van der Waals surface area contributed by atoms with Crippen molar-refractivity contribution in [1.29, 1.82) is 0 Å². The fraction of sp³-hybridized carbons (Fsp3) is 0.250. The van der Waals surface area contributed by atoms with E-state index in [0.29, 0.717) is 17.6 Å². The molecular weight excluding hydrogens is 336 g/mol. The van der Waals surface area contributed by atoms with Crippen LogP contribution in [-0.2, 0) is 6.54 Å². The lowest BCUT2D eigenvalue weighted by atomic mass is 10.3. The molecule has 1 aromatic heterocycles. The van der Waals surface area contributed by atoms with Crippen molar-refractivity contribution < 1.29 is 4.74 Å². The van der Waals surface area contributed by atoms with Gasteiger partial charge in [-0.2, -0.15) is 0 Å². The standard InChI is InChI=1S/C12H12BrClN2OS/c1-2-17-11-5-8(13)3-4-10(11)15-6-9-7-16-12(14)18-9/h3-5,7,15H,2,6H2,1H3. The van der Waals surface area contributed by atoms with E-state index in [9.17, 15) is 0 Å². The number of benzene rings is 1. The number of hydrogen-bond donors (Lipinski definition) is 1. The molecule has 18 heavy (non-hydrogen) atoms. The van der Waals surface area contributed by atoms with Crippen LogP contribution in [0.15, 0.2) is 28.9 Å². The van der Waals surface area contributed by atoms with Crippen LogP contribution in [0.5, 0.6) is 5.75 Å². The molecule has 0 radical (unpaired) electrons. The summed E-state index contributed by atoms with van der Waals surface area (Å²) in [5.41, 5.74) is 0.963. The Balaban J connectivity index is 2.08. The average molecular weight is 348 g/mol. The van der Waals surface area contributed by atoms with Crippen LogP contribution in [0.4, 0.5) is 5.69 Å². The zero-order valence-corrected chi connectivity index (χ0v) is 12.9. The number of rotatable bonds is 5. The predicted octanol–water partition coefficient (Wildman–Crippen LogP) is 4.57. The largest absolute Gasteiger partial charge is 0.492 e. The van der Waals surface area contributed by atoms with Crippen molar-refractivity contribution in [2.45, 2.75) is 13.5 Å². The number of thiazole rings is 1. The van der Waals surface area contributed by atoms with Crippen molar-refractivity contribution in [2.75, 3.05) is 11.9 Å². The molecule has 0 atom stereocenters. The summed E-state index contributed by atoms with van der Waals surface area (Å²) in [4.78, 5) is 5.10. The van der Waals surface area contributed by atoms with Crippen LogP contribution in [0.2, 0.25) is 4.47 Å². The fourth-order valence-corrected chi connectivity index (χ4v) is 2.72. The molecule has 0 unspecified atom stereocenters. The molecule has 96 valence electrons. The number of ether oxygens (including phenoxy) is 1. The number of nitrogens with one attached hydrogen (secondary N) is 1. The van der Waals surface area contributed by atoms with Gasteiger partial charge in [0.25, 0.3) is 0 Å². The Hall–Kier alpha value is -0.780. The summed E-state index contributed by atoms with van der Waals surface area (Å²) < 4.78 is 7.14. The van der Waals surface area contributed by atoms with Gasteiger partial charge in [0.1, 0.15) is 5.75 Å².